The zero-order valence-corrected chi connectivity index (χ0v) is 16.3. The average molecular weight is 383 g/mol. The highest BCUT2D eigenvalue weighted by atomic mass is 16.5. The van der Waals surface area contributed by atoms with Gasteiger partial charge in [0.15, 0.2) is 0 Å². The summed E-state index contributed by atoms with van der Waals surface area (Å²) in [5.74, 6) is 0.563. The predicted octanol–water partition coefficient (Wildman–Crippen LogP) is 4.71. The maximum atomic E-state index is 12.6. The number of hydrazone groups is 1. The van der Waals surface area contributed by atoms with E-state index >= 15 is 0 Å². The van der Waals surface area contributed by atoms with Crippen LogP contribution in [0.5, 0.6) is 5.75 Å². The lowest BCUT2D eigenvalue weighted by molar-refractivity contribution is 0.0957. The molecule has 3 aromatic carbocycles. The Bertz CT molecular complexity index is 1190. The van der Waals surface area contributed by atoms with E-state index in [0.717, 1.165) is 33.6 Å². The summed E-state index contributed by atoms with van der Waals surface area (Å²) in [5, 5.41) is 6.11. The molecule has 0 aliphatic rings. The summed E-state index contributed by atoms with van der Waals surface area (Å²) in [6.07, 6.45) is 1.65. The Morgan fingerprint density at radius 3 is 2.52 bits per heavy atom. The van der Waals surface area contributed by atoms with E-state index in [9.17, 15) is 4.79 Å². The minimum Gasteiger partial charge on any atom is -0.497 e. The van der Waals surface area contributed by atoms with Gasteiger partial charge in [-0.1, -0.05) is 36.4 Å². The van der Waals surface area contributed by atoms with Crippen LogP contribution in [0.4, 0.5) is 0 Å². The first-order valence-electron chi connectivity index (χ1n) is 9.31. The highest BCUT2D eigenvalue weighted by Crippen LogP contribution is 2.20. The van der Waals surface area contributed by atoms with Crippen molar-refractivity contribution in [2.75, 3.05) is 7.11 Å². The van der Waals surface area contributed by atoms with Crippen molar-refractivity contribution < 1.29 is 9.53 Å². The summed E-state index contributed by atoms with van der Waals surface area (Å²) in [5.41, 5.74) is 6.17. The van der Waals surface area contributed by atoms with Crippen molar-refractivity contribution in [3.63, 3.8) is 0 Å². The zero-order chi connectivity index (χ0) is 20.2. The lowest BCUT2D eigenvalue weighted by Gasteiger charge is -2.10. The normalized spacial score (nSPS) is 11.1. The number of aromatic nitrogens is 1. The van der Waals surface area contributed by atoms with Gasteiger partial charge in [-0.15, -0.1) is 0 Å². The third kappa shape index (κ3) is 3.75. The van der Waals surface area contributed by atoms with Gasteiger partial charge in [0.1, 0.15) is 5.75 Å². The minimum atomic E-state index is -0.239. The van der Waals surface area contributed by atoms with Crippen molar-refractivity contribution in [1.29, 1.82) is 0 Å². The Hall–Kier alpha value is -3.86. The number of nitrogens with one attached hydrogen (secondary N) is 1. The number of hydrogen-bond donors (Lipinski definition) is 1. The molecule has 0 saturated carbocycles. The van der Waals surface area contributed by atoms with E-state index in [1.54, 1.807) is 19.4 Å². The van der Waals surface area contributed by atoms with E-state index in [-0.39, 0.29) is 5.91 Å². The number of hydrogen-bond acceptors (Lipinski definition) is 3. The van der Waals surface area contributed by atoms with Gasteiger partial charge in [-0.25, -0.2) is 5.43 Å². The molecule has 0 radical (unpaired) electrons. The van der Waals surface area contributed by atoms with Crippen LogP contribution in [-0.4, -0.2) is 23.8 Å². The number of rotatable bonds is 5. The smallest absolute Gasteiger partial charge is 0.271 e. The first-order chi connectivity index (χ1) is 14.2. The SMILES string of the molecule is COc1ccc(-n2c(C)ccc2/C=N/NC(=O)c2cccc3ccccc23)cc1. The minimum absolute atomic E-state index is 0.239. The summed E-state index contributed by atoms with van der Waals surface area (Å²) in [7, 11) is 1.65. The maximum Gasteiger partial charge on any atom is 0.271 e. The van der Waals surface area contributed by atoms with Gasteiger partial charge in [-0.2, -0.15) is 5.10 Å². The molecule has 5 heteroatoms. The summed E-state index contributed by atoms with van der Waals surface area (Å²) >= 11 is 0. The summed E-state index contributed by atoms with van der Waals surface area (Å²) < 4.78 is 7.29. The first-order valence-corrected chi connectivity index (χ1v) is 9.31. The van der Waals surface area contributed by atoms with Gasteiger partial charge in [-0.3, -0.25) is 4.79 Å². The molecule has 1 N–H and O–H groups in total. The van der Waals surface area contributed by atoms with Crippen LogP contribution >= 0.6 is 0 Å². The Labute approximate surface area is 169 Å². The molecule has 5 nitrogen and oxygen atoms in total. The molecule has 0 fully saturated rings. The second kappa shape index (κ2) is 8.02. The Morgan fingerprint density at radius 2 is 1.72 bits per heavy atom. The summed E-state index contributed by atoms with van der Waals surface area (Å²) in [6, 6.07) is 25.2. The quantitative estimate of drug-likeness (QED) is 0.401. The predicted molar refractivity (Wildman–Crippen MR) is 116 cm³/mol. The van der Waals surface area contributed by atoms with E-state index in [1.165, 1.54) is 0 Å². The standard InChI is InChI=1S/C24H21N3O2/c1-17-10-11-20(27(17)19-12-14-21(29-2)15-13-19)16-25-26-24(28)23-9-5-7-18-6-3-4-8-22(18)23/h3-16H,1-2H3,(H,26,28)/b25-16+. The van der Waals surface area contributed by atoms with Crippen molar-refractivity contribution in [2.24, 2.45) is 5.10 Å². The summed E-state index contributed by atoms with van der Waals surface area (Å²) in [6.45, 7) is 2.02. The lowest BCUT2D eigenvalue weighted by atomic mass is 10.0. The van der Waals surface area contributed by atoms with Crippen molar-refractivity contribution in [2.45, 2.75) is 6.92 Å². The molecule has 1 heterocycles. The van der Waals surface area contributed by atoms with Crippen molar-refractivity contribution in [1.82, 2.24) is 9.99 Å². The second-order valence-electron chi connectivity index (χ2n) is 6.66. The molecule has 144 valence electrons. The van der Waals surface area contributed by atoms with Gasteiger partial charge in [-0.05, 0) is 60.2 Å². The first kappa shape index (κ1) is 18.5. The molecule has 0 bridgehead atoms. The van der Waals surface area contributed by atoms with Gasteiger partial charge in [0.05, 0.1) is 19.0 Å². The third-order valence-electron chi connectivity index (χ3n) is 4.83. The van der Waals surface area contributed by atoms with Crippen molar-refractivity contribution in [3.05, 3.63) is 95.8 Å². The number of carbonyl (C=O) groups excluding carboxylic acids is 1. The van der Waals surface area contributed by atoms with E-state index < -0.39 is 0 Å². The van der Waals surface area contributed by atoms with E-state index in [0.29, 0.717) is 5.56 Å². The van der Waals surface area contributed by atoms with Crippen LogP contribution in [0.3, 0.4) is 0 Å². The van der Waals surface area contributed by atoms with Crippen LogP contribution in [0.25, 0.3) is 16.5 Å². The van der Waals surface area contributed by atoms with Gasteiger partial charge in [0.25, 0.3) is 5.91 Å². The highest BCUT2D eigenvalue weighted by Gasteiger charge is 2.09. The molecule has 0 saturated heterocycles. The van der Waals surface area contributed by atoms with Crippen molar-refractivity contribution >= 4 is 22.9 Å². The van der Waals surface area contributed by atoms with Gasteiger partial charge < -0.3 is 9.30 Å². The molecule has 29 heavy (non-hydrogen) atoms. The molecule has 0 atom stereocenters. The topological polar surface area (TPSA) is 55.6 Å². The summed E-state index contributed by atoms with van der Waals surface area (Å²) in [4.78, 5) is 12.6. The second-order valence-corrected chi connectivity index (χ2v) is 6.66. The van der Waals surface area contributed by atoms with E-state index in [4.69, 9.17) is 4.74 Å². The fourth-order valence-corrected chi connectivity index (χ4v) is 3.38. The molecule has 4 rings (SSSR count). The highest BCUT2D eigenvalue weighted by molar-refractivity contribution is 6.07. The van der Waals surface area contributed by atoms with Gasteiger partial charge in [0, 0.05) is 16.9 Å². The van der Waals surface area contributed by atoms with Crippen LogP contribution < -0.4 is 10.2 Å². The number of nitrogens with zero attached hydrogens (tertiary/aromatic N) is 2. The fourth-order valence-electron chi connectivity index (χ4n) is 3.38. The number of amides is 1. The van der Waals surface area contributed by atoms with Crippen LogP contribution in [-0.2, 0) is 0 Å². The Morgan fingerprint density at radius 1 is 0.966 bits per heavy atom. The average Bonchev–Trinajstić information content (AvgIpc) is 3.13. The number of ether oxygens (including phenoxy) is 1. The molecule has 1 amide bonds. The number of carbonyl (C=O) groups is 1. The Kier molecular flexibility index (Phi) is 5.12. The largest absolute Gasteiger partial charge is 0.497 e. The van der Waals surface area contributed by atoms with Crippen molar-refractivity contribution in [3.8, 4) is 11.4 Å². The fraction of sp³-hybridized carbons (Fsp3) is 0.0833. The number of fused-ring (bicyclic) bond motifs is 1. The molecule has 4 aromatic rings. The lowest BCUT2D eigenvalue weighted by Crippen LogP contribution is -2.18. The molecule has 0 spiro atoms. The molecular formula is C24H21N3O2. The molecule has 0 aliphatic carbocycles. The molecular weight excluding hydrogens is 362 g/mol. The molecule has 0 aliphatic heterocycles. The van der Waals surface area contributed by atoms with Gasteiger partial charge in [0.2, 0.25) is 0 Å². The number of benzene rings is 3. The monoisotopic (exact) mass is 383 g/mol. The number of methoxy groups -OCH3 is 1. The molecule has 1 aromatic heterocycles. The van der Waals surface area contributed by atoms with E-state index in [1.807, 2.05) is 79.7 Å². The van der Waals surface area contributed by atoms with Crippen LogP contribution in [0.15, 0.2) is 84.0 Å². The van der Waals surface area contributed by atoms with Gasteiger partial charge >= 0.3 is 0 Å². The Balaban J connectivity index is 1.56. The molecule has 0 unspecified atom stereocenters. The zero-order valence-electron chi connectivity index (χ0n) is 16.3. The van der Waals surface area contributed by atoms with Crippen LogP contribution in [0.2, 0.25) is 0 Å². The maximum absolute atomic E-state index is 12.6. The van der Waals surface area contributed by atoms with Crippen LogP contribution in [0, 0.1) is 6.92 Å². The number of aryl methyl sites for hydroxylation is 1. The van der Waals surface area contributed by atoms with E-state index in [2.05, 4.69) is 15.1 Å². The van der Waals surface area contributed by atoms with Crippen LogP contribution in [0.1, 0.15) is 21.7 Å². The third-order valence-corrected chi connectivity index (χ3v) is 4.83.